The summed E-state index contributed by atoms with van der Waals surface area (Å²) >= 11 is 0. The van der Waals surface area contributed by atoms with Crippen LogP contribution < -0.4 is 10.5 Å². The molecule has 5 nitrogen and oxygen atoms in total. The molecule has 3 rings (SSSR count). The van der Waals surface area contributed by atoms with Crippen LogP contribution in [0.1, 0.15) is 17.5 Å². The highest BCUT2D eigenvalue weighted by Crippen LogP contribution is 2.32. The summed E-state index contributed by atoms with van der Waals surface area (Å²) in [4.78, 5) is 5.49. The number of nitrogens with zero attached hydrogens (tertiary/aromatic N) is 1. The molecular formula is C12H16N2O3. The summed E-state index contributed by atoms with van der Waals surface area (Å²) in [5.41, 5.74) is 8.72. The lowest BCUT2D eigenvalue weighted by molar-refractivity contribution is -0.118. The number of hydrogen-bond acceptors (Lipinski definition) is 5. The Balaban J connectivity index is 1.88. The zero-order chi connectivity index (χ0) is 11.7. The van der Waals surface area contributed by atoms with E-state index in [1.807, 2.05) is 17.2 Å². The van der Waals surface area contributed by atoms with Crippen LogP contribution in [0.25, 0.3) is 0 Å². The van der Waals surface area contributed by atoms with Crippen LogP contribution in [0.3, 0.4) is 0 Å². The van der Waals surface area contributed by atoms with E-state index in [1.165, 1.54) is 0 Å². The Morgan fingerprint density at radius 1 is 1.35 bits per heavy atom. The Kier molecular flexibility index (Phi) is 2.88. The predicted octanol–water partition coefficient (Wildman–Crippen LogP) is 1.27. The first-order chi connectivity index (χ1) is 8.33. The monoisotopic (exact) mass is 236 g/mol. The van der Waals surface area contributed by atoms with Gasteiger partial charge in [-0.15, -0.1) is 0 Å². The maximum Gasteiger partial charge on any atom is 0.189 e. The summed E-state index contributed by atoms with van der Waals surface area (Å²) in [7, 11) is 0. The lowest BCUT2D eigenvalue weighted by Gasteiger charge is -2.23. The average Bonchev–Trinajstić information content (AvgIpc) is 2.81. The van der Waals surface area contributed by atoms with Crippen LogP contribution in [0.15, 0.2) is 12.1 Å². The summed E-state index contributed by atoms with van der Waals surface area (Å²) in [5, 5.41) is 1.95. The largest absolute Gasteiger partial charge is 0.467 e. The van der Waals surface area contributed by atoms with Gasteiger partial charge in [-0.3, -0.25) is 4.84 Å². The first-order valence-corrected chi connectivity index (χ1v) is 5.82. The number of benzene rings is 1. The topological polar surface area (TPSA) is 57.0 Å². The van der Waals surface area contributed by atoms with E-state index in [0.29, 0.717) is 19.9 Å². The Bertz CT molecular complexity index is 416. The van der Waals surface area contributed by atoms with E-state index in [2.05, 4.69) is 0 Å². The van der Waals surface area contributed by atoms with Gasteiger partial charge in [-0.1, -0.05) is 0 Å². The quantitative estimate of drug-likeness (QED) is 0.784. The van der Waals surface area contributed by atoms with Crippen LogP contribution in [0.5, 0.6) is 5.75 Å². The summed E-state index contributed by atoms with van der Waals surface area (Å²) < 4.78 is 10.8. The fourth-order valence-corrected chi connectivity index (χ4v) is 2.26. The molecule has 0 unspecified atom stereocenters. The Morgan fingerprint density at radius 2 is 2.29 bits per heavy atom. The van der Waals surface area contributed by atoms with Gasteiger partial charge in [-0.05, 0) is 18.6 Å². The molecular weight excluding hydrogens is 220 g/mol. The van der Waals surface area contributed by atoms with Crippen molar-refractivity contribution < 1.29 is 14.3 Å². The number of ether oxygens (including phenoxy) is 2. The van der Waals surface area contributed by atoms with Gasteiger partial charge in [0.1, 0.15) is 5.75 Å². The normalized spacial score (nSPS) is 20.0. The second-order valence-electron chi connectivity index (χ2n) is 4.33. The highest BCUT2D eigenvalue weighted by Gasteiger charge is 2.20. The van der Waals surface area contributed by atoms with Crippen molar-refractivity contribution in [2.75, 3.05) is 25.7 Å². The fraction of sp³-hybridized carbons (Fsp3) is 0.500. The average molecular weight is 236 g/mol. The van der Waals surface area contributed by atoms with E-state index in [1.54, 1.807) is 0 Å². The van der Waals surface area contributed by atoms with Crippen LogP contribution in [-0.2, 0) is 22.7 Å². The highest BCUT2D eigenvalue weighted by molar-refractivity contribution is 5.53. The zero-order valence-corrected chi connectivity index (χ0v) is 9.65. The smallest absolute Gasteiger partial charge is 0.189 e. The van der Waals surface area contributed by atoms with E-state index in [9.17, 15) is 0 Å². The Labute approximate surface area is 100 Å². The van der Waals surface area contributed by atoms with Crippen molar-refractivity contribution >= 4 is 5.69 Å². The second kappa shape index (κ2) is 4.52. The third-order valence-corrected chi connectivity index (χ3v) is 2.98. The summed E-state index contributed by atoms with van der Waals surface area (Å²) in [6.45, 7) is 3.35. The van der Waals surface area contributed by atoms with Crippen molar-refractivity contribution in [2.24, 2.45) is 0 Å². The molecule has 2 heterocycles. The van der Waals surface area contributed by atoms with Gasteiger partial charge in [-0.2, -0.15) is 5.06 Å². The molecule has 2 aliphatic heterocycles. The zero-order valence-electron chi connectivity index (χ0n) is 9.65. The number of hydroxylamine groups is 2. The number of anilines is 1. The van der Waals surface area contributed by atoms with Crippen molar-refractivity contribution in [1.29, 1.82) is 0 Å². The molecule has 0 radical (unpaired) electrons. The predicted molar refractivity (Wildman–Crippen MR) is 62.1 cm³/mol. The van der Waals surface area contributed by atoms with Gasteiger partial charge in [0.2, 0.25) is 0 Å². The van der Waals surface area contributed by atoms with Gasteiger partial charge in [0.25, 0.3) is 0 Å². The summed E-state index contributed by atoms with van der Waals surface area (Å²) in [5.74, 6) is 0.904. The molecule has 17 heavy (non-hydrogen) atoms. The molecule has 0 saturated carbocycles. The van der Waals surface area contributed by atoms with Gasteiger partial charge in [0.15, 0.2) is 6.79 Å². The van der Waals surface area contributed by atoms with Crippen LogP contribution in [0.4, 0.5) is 5.69 Å². The molecule has 1 fully saturated rings. The van der Waals surface area contributed by atoms with Crippen LogP contribution in [-0.4, -0.2) is 25.0 Å². The maximum absolute atomic E-state index is 5.89. The molecule has 1 aromatic carbocycles. The van der Waals surface area contributed by atoms with Gasteiger partial charge >= 0.3 is 0 Å². The minimum atomic E-state index is 0.310. The van der Waals surface area contributed by atoms with E-state index < -0.39 is 0 Å². The highest BCUT2D eigenvalue weighted by atomic mass is 16.7. The fourth-order valence-electron chi connectivity index (χ4n) is 2.26. The van der Waals surface area contributed by atoms with E-state index >= 15 is 0 Å². The maximum atomic E-state index is 5.89. The number of fused-ring (bicyclic) bond motifs is 1. The standard InChI is InChI=1S/C12H16N2O3/c13-11-4-9(6-14-2-1-3-17-14)12-10(5-11)7-15-8-16-12/h4-5H,1-3,6-8,13H2. The molecule has 0 aromatic heterocycles. The third kappa shape index (κ3) is 2.22. The van der Waals surface area contributed by atoms with E-state index in [-0.39, 0.29) is 0 Å². The lowest BCUT2D eigenvalue weighted by Crippen LogP contribution is -2.20. The Morgan fingerprint density at radius 3 is 3.12 bits per heavy atom. The minimum Gasteiger partial charge on any atom is -0.467 e. The Hall–Kier alpha value is -1.30. The van der Waals surface area contributed by atoms with Crippen LogP contribution >= 0.6 is 0 Å². The number of nitrogens with two attached hydrogens (primary N) is 1. The minimum absolute atomic E-state index is 0.310. The number of nitrogen functional groups attached to an aromatic ring is 1. The molecule has 0 spiro atoms. The molecule has 2 N–H and O–H groups in total. The first kappa shape index (κ1) is 10.8. The molecule has 0 aliphatic carbocycles. The molecule has 1 saturated heterocycles. The molecule has 0 bridgehead atoms. The van der Waals surface area contributed by atoms with Crippen molar-refractivity contribution in [1.82, 2.24) is 5.06 Å². The molecule has 0 atom stereocenters. The van der Waals surface area contributed by atoms with Crippen molar-refractivity contribution in [3.8, 4) is 5.75 Å². The van der Waals surface area contributed by atoms with Gasteiger partial charge in [0, 0.05) is 23.4 Å². The molecule has 92 valence electrons. The third-order valence-electron chi connectivity index (χ3n) is 2.98. The van der Waals surface area contributed by atoms with E-state index in [0.717, 1.165) is 42.1 Å². The molecule has 1 aromatic rings. The molecule has 2 aliphatic rings. The molecule has 5 heteroatoms. The van der Waals surface area contributed by atoms with Crippen molar-refractivity contribution in [3.63, 3.8) is 0 Å². The SMILES string of the molecule is Nc1cc2c(c(CN3CCCO3)c1)OCOC2. The first-order valence-electron chi connectivity index (χ1n) is 5.82. The van der Waals surface area contributed by atoms with Gasteiger partial charge in [0.05, 0.1) is 19.8 Å². The molecule has 0 amide bonds. The van der Waals surface area contributed by atoms with Crippen molar-refractivity contribution in [3.05, 3.63) is 23.3 Å². The van der Waals surface area contributed by atoms with Crippen molar-refractivity contribution in [2.45, 2.75) is 19.6 Å². The van der Waals surface area contributed by atoms with Crippen LogP contribution in [0, 0.1) is 0 Å². The van der Waals surface area contributed by atoms with Crippen LogP contribution in [0.2, 0.25) is 0 Å². The lowest BCUT2D eigenvalue weighted by atomic mass is 10.1. The summed E-state index contributed by atoms with van der Waals surface area (Å²) in [6.07, 6.45) is 1.08. The van der Waals surface area contributed by atoms with Gasteiger partial charge < -0.3 is 15.2 Å². The summed E-state index contributed by atoms with van der Waals surface area (Å²) in [6, 6.07) is 3.86. The van der Waals surface area contributed by atoms with E-state index in [4.69, 9.17) is 20.0 Å². The second-order valence-corrected chi connectivity index (χ2v) is 4.33. The number of rotatable bonds is 2. The number of hydrogen-bond donors (Lipinski definition) is 1. The van der Waals surface area contributed by atoms with Gasteiger partial charge in [-0.25, -0.2) is 0 Å².